The van der Waals surface area contributed by atoms with Gasteiger partial charge in [0.2, 0.25) is 11.9 Å². The number of morpholine rings is 1. The summed E-state index contributed by atoms with van der Waals surface area (Å²) in [6.45, 7) is 4.61. The molecule has 8 nitrogen and oxygen atoms in total. The first-order valence-corrected chi connectivity index (χ1v) is 7.91. The van der Waals surface area contributed by atoms with Crippen LogP contribution in [0.4, 0.5) is 5.95 Å². The van der Waals surface area contributed by atoms with Crippen molar-refractivity contribution >= 4 is 11.9 Å². The molecule has 8 heteroatoms. The van der Waals surface area contributed by atoms with E-state index in [1.807, 2.05) is 18.2 Å². The molecule has 2 aromatic heterocycles. The molecule has 1 N–H and O–H groups in total. The fourth-order valence-electron chi connectivity index (χ4n) is 2.90. The molecule has 1 fully saturated rings. The molecule has 124 valence electrons. The Morgan fingerprint density at radius 2 is 2.12 bits per heavy atom. The molecule has 1 saturated heterocycles. The largest absolute Gasteiger partial charge is 0.378 e. The third-order valence-electron chi connectivity index (χ3n) is 4.06. The molecule has 1 atom stereocenters. The normalized spacial score (nSPS) is 20.1. The summed E-state index contributed by atoms with van der Waals surface area (Å²) in [4.78, 5) is 28.2. The molecule has 2 aliphatic rings. The second-order valence-corrected chi connectivity index (χ2v) is 5.73. The van der Waals surface area contributed by atoms with Crippen molar-refractivity contribution in [2.75, 3.05) is 31.6 Å². The van der Waals surface area contributed by atoms with Crippen molar-refractivity contribution in [1.82, 2.24) is 19.4 Å². The van der Waals surface area contributed by atoms with Gasteiger partial charge in [0.1, 0.15) is 0 Å². The molecule has 2 aromatic rings. The Bertz CT molecular complexity index is 826. The number of ether oxygens (including phenoxy) is 1. The van der Waals surface area contributed by atoms with Crippen LogP contribution in [0, 0.1) is 6.92 Å². The lowest BCUT2D eigenvalue weighted by Crippen LogP contribution is -2.47. The lowest BCUT2D eigenvalue weighted by atomic mass is 10.2. The Labute approximate surface area is 138 Å². The van der Waals surface area contributed by atoms with Gasteiger partial charge < -0.3 is 9.64 Å². The van der Waals surface area contributed by atoms with E-state index in [1.165, 1.54) is 6.07 Å². The minimum atomic E-state index is -0.527. The van der Waals surface area contributed by atoms with E-state index in [4.69, 9.17) is 9.73 Å². The maximum absolute atomic E-state index is 12.5. The fraction of sp³-hybridized carbons (Fsp3) is 0.375. The van der Waals surface area contributed by atoms with E-state index in [1.54, 1.807) is 17.7 Å². The quantitative estimate of drug-likeness (QED) is 0.826. The van der Waals surface area contributed by atoms with E-state index >= 15 is 0 Å². The van der Waals surface area contributed by atoms with Crippen LogP contribution in [0.1, 0.15) is 17.6 Å². The number of aromatic nitrogens is 3. The molecule has 0 amide bonds. The van der Waals surface area contributed by atoms with Crippen molar-refractivity contribution in [3.8, 4) is 0 Å². The number of aryl methyl sites for hydroxylation is 1. The van der Waals surface area contributed by atoms with Crippen molar-refractivity contribution in [3.05, 3.63) is 52.2 Å². The van der Waals surface area contributed by atoms with E-state index in [0.717, 1.165) is 13.1 Å². The third-order valence-corrected chi connectivity index (χ3v) is 4.06. The number of anilines is 1. The van der Waals surface area contributed by atoms with Crippen LogP contribution >= 0.6 is 0 Å². The van der Waals surface area contributed by atoms with Crippen LogP contribution in [0.2, 0.25) is 0 Å². The summed E-state index contributed by atoms with van der Waals surface area (Å²) in [5.41, 5.74) is 1.23. The zero-order valence-electron chi connectivity index (χ0n) is 13.3. The molecular weight excluding hydrogens is 308 g/mol. The standard InChI is InChI=1S/C16H18N6O2/c1-11-10-13(23)22-14(12-4-2-3-5-17-12)19-15(20-16(22)18-11)21-6-8-24-9-7-21/h2-5,10,14H,6-9H2,1H3,(H,18,19,20)/t14-/m0/s1. The molecule has 4 heterocycles. The summed E-state index contributed by atoms with van der Waals surface area (Å²) in [5, 5.41) is 3.19. The maximum Gasteiger partial charge on any atom is 0.257 e. The van der Waals surface area contributed by atoms with E-state index < -0.39 is 6.17 Å². The first-order valence-electron chi connectivity index (χ1n) is 7.91. The average molecular weight is 326 g/mol. The van der Waals surface area contributed by atoms with Gasteiger partial charge in [-0.3, -0.25) is 15.1 Å². The van der Waals surface area contributed by atoms with Crippen molar-refractivity contribution in [3.63, 3.8) is 0 Å². The molecule has 2 aliphatic heterocycles. The van der Waals surface area contributed by atoms with Gasteiger partial charge in [0.15, 0.2) is 6.17 Å². The van der Waals surface area contributed by atoms with Gasteiger partial charge in [-0.25, -0.2) is 14.5 Å². The molecule has 0 aromatic carbocycles. The monoisotopic (exact) mass is 326 g/mol. The zero-order valence-corrected chi connectivity index (χ0v) is 13.3. The number of pyridine rings is 1. The number of hydrogen-bond donors (Lipinski definition) is 1. The number of nitrogens with zero attached hydrogens (tertiary/aromatic N) is 5. The van der Waals surface area contributed by atoms with Gasteiger partial charge in [-0.2, -0.15) is 0 Å². The second-order valence-electron chi connectivity index (χ2n) is 5.73. The number of nitrogens with one attached hydrogen (secondary N) is 1. The van der Waals surface area contributed by atoms with Gasteiger partial charge in [0.05, 0.1) is 18.9 Å². The Balaban J connectivity index is 1.82. The zero-order chi connectivity index (χ0) is 16.5. The first-order chi connectivity index (χ1) is 11.7. The van der Waals surface area contributed by atoms with E-state index in [0.29, 0.717) is 36.5 Å². The van der Waals surface area contributed by atoms with Crippen molar-refractivity contribution < 1.29 is 4.74 Å². The highest BCUT2D eigenvalue weighted by molar-refractivity contribution is 5.93. The van der Waals surface area contributed by atoms with Crippen LogP contribution in [-0.4, -0.2) is 51.7 Å². The number of hydrogen-bond acceptors (Lipinski definition) is 7. The summed E-state index contributed by atoms with van der Waals surface area (Å²) in [7, 11) is 0. The molecule has 0 spiro atoms. The summed E-state index contributed by atoms with van der Waals surface area (Å²) < 4.78 is 6.94. The highest BCUT2D eigenvalue weighted by Crippen LogP contribution is 2.24. The molecule has 0 aliphatic carbocycles. The SMILES string of the molecule is Cc1cc(=O)n2c(n1)NC(N1CCOCC1)=N[C@@H]2c1ccccn1. The topological polar surface area (TPSA) is 84.6 Å². The Morgan fingerprint density at radius 1 is 1.29 bits per heavy atom. The van der Waals surface area contributed by atoms with Crippen molar-refractivity contribution in [1.29, 1.82) is 0 Å². The van der Waals surface area contributed by atoms with Gasteiger partial charge >= 0.3 is 0 Å². The Morgan fingerprint density at radius 3 is 2.88 bits per heavy atom. The van der Waals surface area contributed by atoms with Crippen molar-refractivity contribution in [2.24, 2.45) is 4.99 Å². The Kier molecular flexibility index (Phi) is 3.73. The lowest BCUT2D eigenvalue weighted by molar-refractivity contribution is 0.0675. The summed E-state index contributed by atoms with van der Waals surface area (Å²) in [5.74, 6) is 1.19. The van der Waals surface area contributed by atoms with Crippen molar-refractivity contribution in [2.45, 2.75) is 13.1 Å². The first kappa shape index (κ1) is 14.8. The van der Waals surface area contributed by atoms with E-state index in [9.17, 15) is 4.79 Å². The fourth-order valence-corrected chi connectivity index (χ4v) is 2.90. The summed E-state index contributed by atoms with van der Waals surface area (Å²) in [6.07, 6.45) is 1.18. The Hall–Kier alpha value is -2.74. The number of guanidine groups is 1. The van der Waals surface area contributed by atoms with Gasteiger partial charge in [0.25, 0.3) is 5.56 Å². The minimum absolute atomic E-state index is 0.148. The van der Waals surface area contributed by atoms with E-state index in [-0.39, 0.29) is 5.56 Å². The molecule has 0 unspecified atom stereocenters. The maximum atomic E-state index is 12.5. The van der Waals surface area contributed by atoms with Gasteiger partial charge in [-0.1, -0.05) is 6.07 Å². The molecular formula is C16H18N6O2. The van der Waals surface area contributed by atoms with Gasteiger partial charge in [-0.05, 0) is 19.1 Å². The van der Waals surface area contributed by atoms with Crippen LogP contribution in [0.5, 0.6) is 0 Å². The van der Waals surface area contributed by atoms with E-state index in [2.05, 4.69) is 20.2 Å². The lowest BCUT2D eigenvalue weighted by Gasteiger charge is -2.34. The summed E-state index contributed by atoms with van der Waals surface area (Å²) in [6, 6.07) is 7.11. The van der Waals surface area contributed by atoms with Crippen LogP contribution < -0.4 is 10.9 Å². The average Bonchev–Trinajstić information content (AvgIpc) is 2.62. The van der Waals surface area contributed by atoms with Crippen LogP contribution in [0.15, 0.2) is 40.2 Å². The molecule has 0 saturated carbocycles. The number of fused-ring (bicyclic) bond motifs is 1. The predicted octanol–water partition coefficient (Wildman–Crippen LogP) is 0.607. The number of aliphatic imine (C=N–C) groups is 1. The number of rotatable bonds is 1. The summed E-state index contributed by atoms with van der Waals surface area (Å²) >= 11 is 0. The predicted molar refractivity (Wildman–Crippen MR) is 89.1 cm³/mol. The minimum Gasteiger partial charge on any atom is -0.378 e. The smallest absolute Gasteiger partial charge is 0.257 e. The van der Waals surface area contributed by atoms with Crippen LogP contribution in [0.25, 0.3) is 0 Å². The second kappa shape index (κ2) is 6.04. The van der Waals surface area contributed by atoms with Gasteiger partial charge in [-0.15, -0.1) is 0 Å². The third kappa shape index (κ3) is 2.65. The highest BCUT2D eigenvalue weighted by Gasteiger charge is 2.28. The molecule has 0 radical (unpaired) electrons. The molecule has 24 heavy (non-hydrogen) atoms. The van der Waals surface area contributed by atoms with Gasteiger partial charge in [0, 0.05) is 31.0 Å². The molecule has 4 rings (SSSR count). The molecule has 0 bridgehead atoms. The van der Waals surface area contributed by atoms with Crippen LogP contribution in [-0.2, 0) is 4.74 Å². The highest BCUT2D eigenvalue weighted by atomic mass is 16.5. The van der Waals surface area contributed by atoms with Crippen LogP contribution in [0.3, 0.4) is 0 Å².